The highest BCUT2D eigenvalue weighted by atomic mass is 19.1. The molecule has 2 amide bonds. The van der Waals surface area contributed by atoms with Gasteiger partial charge in [0.05, 0.1) is 11.7 Å². The number of rotatable bonds is 5. The third kappa shape index (κ3) is 4.31. The Balaban J connectivity index is 1.64. The third-order valence-corrected chi connectivity index (χ3v) is 5.02. The fourth-order valence-electron chi connectivity index (χ4n) is 3.40. The molecule has 1 heterocycles. The van der Waals surface area contributed by atoms with Gasteiger partial charge in [-0.05, 0) is 49.8 Å². The van der Waals surface area contributed by atoms with Gasteiger partial charge in [-0.3, -0.25) is 9.59 Å². The number of halogens is 1. The second-order valence-corrected chi connectivity index (χ2v) is 7.18. The van der Waals surface area contributed by atoms with Crippen LogP contribution in [0.15, 0.2) is 42.5 Å². The van der Waals surface area contributed by atoms with Crippen LogP contribution in [-0.4, -0.2) is 50.9 Å². The average Bonchev–Trinajstić information content (AvgIpc) is 3.03. The number of carbonyl (C=O) groups excluding carboxylic acids is 2. The number of hydrogen-bond acceptors (Lipinski definition) is 4. The predicted molar refractivity (Wildman–Crippen MR) is 108 cm³/mol. The molecule has 3 rings (SSSR count). The van der Waals surface area contributed by atoms with Crippen LogP contribution in [0.3, 0.4) is 0 Å². The molecule has 7 heteroatoms. The number of nitrogens with zero attached hydrogens (tertiary/aromatic N) is 2. The summed E-state index contributed by atoms with van der Waals surface area (Å²) in [6.45, 7) is 1.27. The maximum Gasteiger partial charge on any atom is 0.313 e. The van der Waals surface area contributed by atoms with Crippen LogP contribution >= 0.6 is 0 Å². The second-order valence-electron chi connectivity index (χ2n) is 7.18. The topological polar surface area (TPSA) is 64.7 Å². The van der Waals surface area contributed by atoms with E-state index < -0.39 is 17.6 Å². The summed E-state index contributed by atoms with van der Waals surface area (Å²) in [5.41, 5.74) is 3.58. The Kier molecular flexibility index (Phi) is 5.94. The SMILES string of the molecule is CN1CCc2cc([C@H](CNC(=O)C(=O)Nc3ccccc3F)N(C)C)ccc21. The van der Waals surface area contributed by atoms with Crippen LogP contribution in [0, 0.1) is 5.82 Å². The monoisotopic (exact) mass is 384 g/mol. The maximum atomic E-state index is 13.6. The zero-order chi connectivity index (χ0) is 20.3. The molecule has 0 radical (unpaired) electrons. The number of anilines is 2. The third-order valence-electron chi connectivity index (χ3n) is 5.02. The van der Waals surface area contributed by atoms with Gasteiger partial charge in [0.15, 0.2) is 0 Å². The minimum atomic E-state index is -0.891. The van der Waals surface area contributed by atoms with Gasteiger partial charge in [-0.25, -0.2) is 4.39 Å². The van der Waals surface area contributed by atoms with Crippen molar-refractivity contribution in [3.63, 3.8) is 0 Å². The Bertz CT molecular complexity index is 884. The van der Waals surface area contributed by atoms with Gasteiger partial charge in [0, 0.05) is 25.8 Å². The quantitative estimate of drug-likeness (QED) is 0.776. The Morgan fingerprint density at radius 3 is 2.64 bits per heavy atom. The van der Waals surface area contributed by atoms with Crippen LogP contribution in [0.4, 0.5) is 15.8 Å². The van der Waals surface area contributed by atoms with Gasteiger partial charge in [0.1, 0.15) is 5.82 Å². The highest BCUT2D eigenvalue weighted by molar-refractivity contribution is 6.39. The van der Waals surface area contributed by atoms with E-state index in [-0.39, 0.29) is 18.3 Å². The Morgan fingerprint density at radius 1 is 1.18 bits per heavy atom. The molecule has 28 heavy (non-hydrogen) atoms. The first-order valence-corrected chi connectivity index (χ1v) is 9.21. The van der Waals surface area contributed by atoms with Crippen LogP contribution in [-0.2, 0) is 16.0 Å². The largest absolute Gasteiger partial charge is 0.374 e. The number of likely N-dealkylation sites (N-methyl/N-ethyl adjacent to an activating group) is 2. The standard InChI is InChI=1S/C21H25FN4O2/c1-25(2)19(14-8-9-18-15(12-14)10-11-26(18)3)13-23-20(27)21(28)24-17-7-5-4-6-16(17)22/h4-9,12,19H,10-11,13H2,1-3H3,(H,23,27)(H,24,28)/t19-/m0/s1. The number of amides is 2. The van der Waals surface area contributed by atoms with Crippen LogP contribution in [0.5, 0.6) is 0 Å². The van der Waals surface area contributed by atoms with Crippen molar-refractivity contribution >= 4 is 23.2 Å². The summed E-state index contributed by atoms with van der Waals surface area (Å²) in [6, 6.07) is 12.0. The van der Waals surface area contributed by atoms with Crippen LogP contribution in [0.25, 0.3) is 0 Å². The van der Waals surface area contributed by atoms with E-state index >= 15 is 0 Å². The Hall–Kier alpha value is -2.93. The molecule has 2 aromatic carbocycles. The van der Waals surface area contributed by atoms with Crippen molar-refractivity contribution in [2.24, 2.45) is 0 Å². The summed E-state index contributed by atoms with van der Waals surface area (Å²) in [5, 5.41) is 4.95. The molecular formula is C21H25FN4O2. The van der Waals surface area contributed by atoms with E-state index in [0.717, 1.165) is 18.5 Å². The van der Waals surface area contributed by atoms with Crippen molar-refractivity contribution in [2.75, 3.05) is 44.4 Å². The smallest absolute Gasteiger partial charge is 0.313 e. The lowest BCUT2D eigenvalue weighted by molar-refractivity contribution is -0.136. The van der Waals surface area contributed by atoms with Gasteiger partial charge in [-0.15, -0.1) is 0 Å². The number of hydrogen-bond donors (Lipinski definition) is 2. The molecule has 1 atom stereocenters. The minimum Gasteiger partial charge on any atom is -0.374 e. The molecule has 2 aromatic rings. The van der Waals surface area contributed by atoms with Gasteiger partial charge in [0.25, 0.3) is 0 Å². The normalized spacial score (nSPS) is 14.0. The number of fused-ring (bicyclic) bond motifs is 1. The van der Waals surface area contributed by atoms with Gasteiger partial charge < -0.3 is 20.4 Å². The van der Waals surface area contributed by atoms with E-state index in [9.17, 15) is 14.0 Å². The lowest BCUT2D eigenvalue weighted by atomic mass is 10.0. The first-order chi connectivity index (χ1) is 13.4. The highest BCUT2D eigenvalue weighted by Crippen LogP contribution is 2.30. The molecule has 0 bridgehead atoms. The first-order valence-electron chi connectivity index (χ1n) is 9.21. The number of benzene rings is 2. The fraction of sp³-hybridized carbons (Fsp3) is 0.333. The van der Waals surface area contributed by atoms with Crippen LogP contribution in [0.2, 0.25) is 0 Å². The van der Waals surface area contributed by atoms with E-state index in [1.165, 1.54) is 29.4 Å². The van der Waals surface area contributed by atoms with Gasteiger partial charge in [-0.1, -0.05) is 24.3 Å². The lowest BCUT2D eigenvalue weighted by Crippen LogP contribution is -2.40. The van der Waals surface area contributed by atoms with E-state index in [2.05, 4.69) is 40.8 Å². The van der Waals surface area contributed by atoms with Gasteiger partial charge in [0.2, 0.25) is 0 Å². The van der Waals surface area contributed by atoms with Gasteiger partial charge >= 0.3 is 11.8 Å². The molecule has 2 N–H and O–H groups in total. The average molecular weight is 384 g/mol. The van der Waals surface area contributed by atoms with Crippen molar-refractivity contribution in [1.29, 1.82) is 0 Å². The maximum absolute atomic E-state index is 13.6. The summed E-state index contributed by atoms with van der Waals surface area (Å²) in [4.78, 5) is 28.5. The predicted octanol–water partition coefficient (Wildman–Crippen LogP) is 2.18. The second kappa shape index (κ2) is 8.39. The highest BCUT2D eigenvalue weighted by Gasteiger charge is 2.22. The summed E-state index contributed by atoms with van der Waals surface area (Å²) in [6.07, 6.45) is 0.997. The summed E-state index contributed by atoms with van der Waals surface area (Å²) in [5.74, 6) is -2.27. The molecule has 0 spiro atoms. The molecule has 0 fully saturated rings. The van der Waals surface area contributed by atoms with E-state index in [1.54, 1.807) is 6.07 Å². The van der Waals surface area contributed by atoms with Crippen molar-refractivity contribution in [3.05, 3.63) is 59.4 Å². The molecular weight excluding hydrogens is 359 g/mol. The van der Waals surface area contributed by atoms with Gasteiger partial charge in [-0.2, -0.15) is 0 Å². The molecule has 0 saturated carbocycles. The Labute approximate surface area is 164 Å². The molecule has 1 aliphatic heterocycles. The summed E-state index contributed by atoms with van der Waals surface area (Å²) < 4.78 is 13.6. The van der Waals surface area contributed by atoms with Crippen LogP contribution < -0.4 is 15.5 Å². The van der Waals surface area contributed by atoms with E-state index in [4.69, 9.17) is 0 Å². The van der Waals surface area contributed by atoms with Crippen molar-refractivity contribution < 1.29 is 14.0 Å². The molecule has 0 saturated heterocycles. The van der Waals surface area contributed by atoms with Crippen molar-refractivity contribution in [2.45, 2.75) is 12.5 Å². The number of carbonyl (C=O) groups is 2. The molecule has 0 unspecified atom stereocenters. The molecule has 148 valence electrons. The minimum absolute atomic E-state index is 0.0189. The van der Waals surface area contributed by atoms with Crippen molar-refractivity contribution in [1.82, 2.24) is 10.2 Å². The van der Waals surface area contributed by atoms with Crippen LogP contribution in [0.1, 0.15) is 17.2 Å². The van der Waals surface area contributed by atoms with Crippen molar-refractivity contribution in [3.8, 4) is 0 Å². The zero-order valence-electron chi connectivity index (χ0n) is 16.3. The number of para-hydroxylation sites is 1. The number of nitrogens with one attached hydrogen (secondary N) is 2. The molecule has 1 aliphatic rings. The lowest BCUT2D eigenvalue weighted by Gasteiger charge is -2.26. The molecule has 0 aromatic heterocycles. The molecule has 0 aliphatic carbocycles. The summed E-state index contributed by atoms with van der Waals surface area (Å²) >= 11 is 0. The Morgan fingerprint density at radius 2 is 1.93 bits per heavy atom. The fourth-order valence-corrected chi connectivity index (χ4v) is 3.40. The first kappa shape index (κ1) is 19.8. The van der Waals surface area contributed by atoms with E-state index in [0.29, 0.717) is 0 Å². The van der Waals surface area contributed by atoms with E-state index in [1.807, 2.05) is 19.0 Å². The zero-order valence-corrected chi connectivity index (χ0v) is 16.3. The summed E-state index contributed by atoms with van der Waals surface area (Å²) in [7, 11) is 5.93. The molecule has 6 nitrogen and oxygen atoms in total.